The van der Waals surface area contributed by atoms with Crippen LogP contribution in [0.3, 0.4) is 0 Å². The number of methoxy groups -OCH3 is 1. The predicted molar refractivity (Wildman–Crippen MR) is 70.3 cm³/mol. The Morgan fingerprint density at radius 1 is 1.17 bits per heavy atom. The highest BCUT2D eigenvalue weighted by atomic mass is 16.5. The molecule has 0 spiro atoms. The van der Waals surface area contributed by atoms with Crippen LogP contribution in [0.1, 0.15) is 12.8 Å². The molecule has 1 aliphatic rings. The second-order valence-corrected chi connectivity index (χ2v) is 4.36. The number of hydrogen-bond donors (Lipinski definition) is 1. The van der Waals surface area contributed by atoms with Gasteiger partial charge in [0, 0.05) is 25.8 Å². The third-order valence-electron chi connectivity index (χ3n) is 3.08. The first-order valence-corrected chi connectivity index (χ1v) is 6.46. The molecule has 1 fully saturated rings. The summed E-state index contributed by atoms with van der Waals surface area (Å²) in [5.41, 5.74) is 0. The molecule has 18 heavy (non-hydrogen) atoms. The molecule has 1 saturated heterocycles. The molecule has 1 N–H and O–H groups in total. The van der Waals surface area contributed by atoms with Gasteiger partial charge in [0.25, 0.3) is 0 Å². The molecule has 1 aliphatic heterocycles. The summed E-state index contributed by atoms with van der Waals surface area (Å²) in [6, 6.07) is 8.24. The van der Waals surface area contributed by atoms with Crippen molar-refractivity contribution in [3.63, 3.8) is 0 Å². The van der Waals surface area contributed by atoms with Crippen molar-refractivity contribution >= 4 is 0 Å². The largest absolute Gasteiger partial charge is 0.497 e. The molecule has 0 aliphatic carbocycles. The van der Waals surface area contributed by atoms with Crippen LogP contribution in [-0.2, 0) is 4.74 Å². The van der Waals surface area contributed by atoms with E-state index in [0.29, 0.717) is 12.6 Å². The van der Waals surface area contributed by atoms with Crippen LogP contribution in [-0.4, -0.2) is 39.5 Å². The van der Waals surface area contributed by atoms with E-state index in [1.54, 1.807) is 7.11 Å². The van der Waals surface area contributed by atoms with Gasteiger partial charge in [0.2, 0.25) is 0 Å². The maximum absolute atomic E-state index is 5.65. The van der Waals surface area contributed by atoms with Crippen LogP contribution in [0, 0.1) is 0 Å². The molecule has 0 saturated carbocycles. The Labute approximate surface area is 108 Å². The summed E-state index contributed by atoms with van der Waals surface area (Å²) in [6.07, 6.45) is 2.20. The van der Waals surface area contributed by atoms with Crippen molar-refractivity contribution in [1.29, 1.82) is 0 Å². The van der Waals surface area contributed by atoms with Crippen LogP contribution in [0.5, 0.6) is 11.5 Å². The van der Waals surface area contributed by atoms with Gasteiger partial charge in [-0.25, -0.2) is 0 Å². The monoisotopic (exact) mass is 251 g/mol. The molecule has 4 heteroatoms. The topological polar surface area (TPSA) is 39.7 Å². The Kier molecular flexibility index (Phi) is 5.30. The summed E-state index contributed by atoms with van der Waals surface area (Å²) in [5, 5.41) is 3.48. The van der Waals surface area contributed by atoms with Gasteiger partial charge < -0.3 is 19.5 Å². The summed E-state index contributed by atoms with van der Waals surface area (Å²) in [7, 11) is 1.66. The Bertz CT molecular complexity index is 333. The first kappa shape index (κ1) is 13.2. The standard InChI is InChI=1S/C14H21NO3/c1-16-13-2-4-14(5-3-13)18-11-8-15-12-6-9-17-10-7-12/h2-5,12,15H,6-11H2,1H3. The fourth-order valence-electron chi connectivity index (χ4n) is 2.01. The first-order chi connectivity index (χ1) is 8.88. The third-order valence-corrected chi connectivity index (χ3v) is 3.08. The Balaban J connectivity index is 1.62. The lowest BCUT2D eigenvalue weighted by molar-refractivity contribution is 0.0770. The van der Waals surface area contributed by atoms with Crippen molar-refractivity contribution in [2.45, 2.75) is 18.9 Å². The third kappa shape index (κ3) is 4.20. The van der Waals surface area contributed by atoms with E-state index < -0.39 is 0 Å². The Morgan fingerprint density at radius 2 is 1.83 bits per heavy atom. The molecule has 1 aromatic carbocycles. The second kappa shape index (κ2) is 7.24. The van der Waals surface area contributed by atoms with Gasteiger partial charge in [0.15, 0.2) is 0 Å². The van der Waals surface area contributed by atoms with E-state index in [-0.39, 0.29) is 0 Å². The zero-order valence-electron chi connectivity index (χ0n) is 10.9. The van der Waals surface area contributed by atoms with Crippen molar-refractivity contribution in [3.05, 3.63) is 24.3 Å². The van der Waals surface area contributed by atoms with Gasteiger partial charge in [-0.1, -0.05) is 0 Å². The number of nitrogens with one attached hydrogen (secondary N) is 1. The fourth-order valence-corrected chi connectivity index (χ4v) is 2.01. The predicted octanol–water partition coefficient (Wildman–Crippen LogP) is 1.84. The minimum absolute atomic E-state index is 0.582. The van der Waals surface area contributed by atoms with Crippen molar-refractivity contribution in [2.75, 3.05) is 33.5 Å². The average molecular weight is 251 g/mol. The van der Waals surface area contributed by atoms with Crippen molar-refractivity contribution in [3.8, 4) is 11.5 Å². The lowest BCUT2D eigenvalue weighted by atomic mass is 10.1. The van der Waals surface area contributed by atoms with Gasteiger partial charge in [-0.05, 0) is 37.1 Å². The van der Waals surface area contributed by atoms with E-state index in [9.17, 15) is 0 Å². The smallest absolute Gasteiger partial charge is 0.119 e. The zero-order chi connectivity index (χ0) is 12.6. The molecule has 0 unspecified atom stereocenters. The lowest BCUT2D eigenvalue weighted by Crippen LogP contribution is -2.37. The van der Waals surface area contributed by atoms with Gasteiger partial charge in [0.1, 0.15) is 18.1 Å². The highest BCUT2D eigenvalue weighted by Gasteiger charge is 2.12. The first-order valence-electron chi connectivity index (χ1n) is 6.46. The van der Waals surface area contributed by atoms with Gasteiger partial charge in [-0.15, -0.1) is 0 Å². The van der Waals surface area contributed by atoms with Gasteiger partial charge in [0.05, 0.1) is 7.11 Å². The lowest BCUT2D eigenvalue weighted by Gasteiger charge is -2.23. The van der Waals surface area contributed by atoms with E-state index in [0.717, 1.165) is 44.1 Å². The van der Waals surface area contributed by atoms with Crippen molar-refractivity contribution < 1.29 is 14.2 Å². The average Bonchev–Trinajstić information content (AvgIpc) is 2.45. The summed E-state index contributed by atoms with van der Waals surface area (Å²) in [5.74, 6) is 1.73. The summed E-state index contributed by atoms with van der Waals surface area (Å²) in [6.45, 7) is 3.30. The Morgan fingerprint density at radius 3 is 2.50 bits per heavy atom. The fraction of sp³-hybridized carbons (Fsp3) is 0.571. The molecule has 0 amide bonds. The SMILES string of the molecule is COc1ccc(OCCNC2CCOCC2)cc1. The van der Waals surface area contributed by atoms with Gasteiger partial charge in [-0.2, -0.15) is 0 Å². The molecule has 0 bridgehead atoms. The van der Waals surface area contributed by atoms with Crippen LogP contribution >= 0.6 is 0 Å². The molecular formula is C14H21NO3. The molecule has 100 valence electrons. The molecule has 0 aromatic heterocycles. The van der Waals surface area contributed by atoms with Crippen LogP contribution in [0.25, 0.3) is 0 Å². The molecular weight excluding hydrogens is 230 g/mol. The normalized spacial score (nSPS) is 16.5. The maximum atomic E-state index is 5.65. The molecule has 1 heterocycles. The highest BCUT2D eigenvalue weighted by molar-refractivity contribution is 5.31. The molecule has 2 rings (SSSR count). The summed E-state index contributed by atoms with van der Waals surface area (Å²) in [4.78, 5) is 0. The van der Waals surface area contributed by atoms with Crippen LogP contribution < -0.4 is 14.8 Å². The van der Waals surface area contributed by atoms with E-state index in [1.165, 1.54) is 0 Å². The molecule has 4 nitrogen and oxygen atoms in total. The maximum Gasteiger partial charge on any atom is 0.119 e. The molecule has 0 radical (unpaired) electrons. The van der Waals surface area contributed by atoms with Crippen molar-refractivity contribution in [2.24, 2.45) is 0 Å². The van der Waals surface area contributed by atoms with E-state index in [1.807, 2.05) is 24.3 Å². The zero-order valence-corrected chi connectivity index (χ0v) is 10.9. The minimum atomic E-state index is 0.582. The van der Waals surface area contributed by atoms with E-state index in [2.05, 4.69) is 5.32 Å². The minimum Gasteiger partial charge on any atom is -0.497 e. The van der Waals surface area contributed by atoms with Crippen molar-refractivity contribution in [1.82, 2.24) is 5.32 Å². The van der Waals surface area contributed by atoms with Crippen LogP contribution in [0.2, 0.25) is 0 Å². The summed E-state index contributed by atoms with van der Waals surface area (Å²) < 4.78 is 16.1. The van der Waals surface area contributed by atoms with Gasteiger partial charge >= 0.3 is 0 Å². The number of hydrogen-bond acceptors (Lipinski definition) is 4. The van der Waals surface area contributed by atoms with E-state index in [4.69, 9.17) is 14.2 Å². The Hall–Kier alpha value is -1.26. The summed E-state index contributed by atoms with van der Waals surface area (Å²) >= 11 is 0. The van der Waals surface area contributed by atoms with Crippen LogP contribution in [0.4, 0.5) is 0 Å². The van der Waals surface area contributed by atoms with Gasteiger partial charge in [-0.3, -0.25) is 0 Å². The molecule has 0 atom stereocenters. The number of benzene rings is 1. The quantitative estimate of drug-likeness (QED) is 0.783. The highest BCUT2D eigenvalue weighted by Crippen LogP contribution is 2.16. The van der Waals surface area contributed by atoms with E-state index >= 15 is 0 Å². The second-order valence-electron chi connectivity index (χ2n) is 4.36. The van der Waals surface area contributed by atoms with Crippen LogP contribution in [0.15, 0.2) is 24.3 Å². The number of rotatable bonds is 6. The number of ether oxygens (including phenoxy) is 3. The molecule has 1 aromatic rings.